The zero-order valence-electron chi connectivity index (χ0n) is 14.4. The van der Waals surface area contributed by atoms with Crippen LogP contribution in [0.3, 0.4) is 0 Å². The lowest BCUT2D eigenvalue weighted by Gasteiger charge is -2.30. The van der Waals surface area contributed by atoms with Gasteiger partial charge in [0.2, 0.25) is 5.91 Å². The molecule has 2 aromatic rings. The lowest BCUT2D eigenvalue weighted by Crippen LogP contribution is -2.44. The monoisotopic (exact) mass is 344 g/mol. The van der Waals surface area contributed by atoms with E-state index in [0.717, 1.165) is 30.8 Å². The molecule has 8 nitrogen and oxygen atoms in total. The summed E-state index contributed by atoms with van der Waals surface area (Å²) in [6.45, 7) is 4.84. The molecule has 0 spiro atoms. The predicted molar refractivity (Wildman–Crippen MR) is 91.6 cm³/mol. The molecule has 1 fully saturated rings. The van der Waals surface area contributed by atoms with Crippen molar-refractivity contribution >= 4 is 5.91 Å². The SMILES string of the molecule is CCCc1nc(C2CN(CC(=O)NCc3cccnc3)CCO2)n[nH]1. The Morgan fingerprint density at radius 3 is 3.24 bits per heavy atom. The molecule has 1 aliphatic heterocycles. The minimum Gasteiger partial charge on any atom is -0.367 e. The highest BCUT2D eigenvalue weighted by molar-refractivity contribution is 5.78. The Labute approximate surface area is 147 Å². The number of pyridine rings is 1. The number of nitrogens with one attached hydrogen (secondary N) is 2. The van der Waals surface area contributed by atoms with Crippen LogP contribution in [0.25, 0.3) is 0 Å². The molecule has 2 aromatic heterocycles. The van der Waals surface area contributed by atoms with Crippen molar-refractivity contribution < 1.29 is 9.53 Å². The normalized spacial score (nSPS) is 18.2. The fraction of sp³-hybridized carbons (Fsp3) is 0.529. The molecule has 0 bridgehead atoms. The maximum absolute atomic E-state index is 12.2. The Kier molecular flexibility index (Phi) is 6.08. The van der Waals surface area contributed by atoms with Crippen LogP contribution >= 0.6 is 0 Å². The van der Waals surface area contributed by atoms with Gasteiger partial charge in [-0.25, -0.2) is 4.98 Å². The first-order valence-electron chi connectivity index (χ1n) is 8.65. The van der Waals surface area contributed by atoms with E-state index in [1.807, 2.05) is 12.1 Å². The van der Waals surface area contributed by atoms with Gasteiger partial charge in [0, 0.05) is 38.4 Å². The molecule has 134 valence electrons. The molecule has 0 saturated carbocycles. The zero-order chi connectivity index (χ0) is 17.5. The molecule has 1 saturated heterocycles. The van der Waals surface area contributed by atoms with Gasteiger partial charge < -0.3 is 10.1 Å². The molecule has 1 amide bonds. The summed E-state index contributed by atoms with van der Waals surface area (Å²) in [7, 11) is 0. The van der Waals surface area contributed by atoms with Gasteiger partial charge in [-0.1, -0.05) is 13.0 Å². The number of nitrogens with zero attached hydrogens (tertiary/aromatic N) is 4. The largest absolute Gasteiger partial charge is 0.367 e. The average molecular weight is 344 g/mol. The molecule has 25 heavy (non-hydrogen) atoms. The number of ether oxygens (including phenoxy) is 1. The third-order valence-electron chi connectivity index (χ3n) is 4.05. The van der Waals surface area contributed by atoms with Crippen molar-refractivity contribution in [3.8, 4) is 0 Å². The van der Waals surface area contributed by atoms with E-state index in [9.17, 15) is 4.79 Å². The first kappa shape index (κ1) is 17.5. The van der Waals surface area contributed by atoms with E-state index in [0.29, 0.717) is 32.1 Å². The van der Waals surface area contributed by atoms with Crippen molar-refractivity contribution in [3.05, 3.63) is 41.7 Å². The van der Waals surface area contributed by atoms with E-state index in [4.69, 9.17) is 4.74 Å². The van der Waals surface area contributed by atoms with Gasteiger partial charge in [0.05, 0.1) is 13.2 Å². The topological polar surface area (TPSA) is 96.0 Å². The van der Waals surface area contributed by atoms with E-state index in [-0.39, 0.29) is 12.0 Å². The molecule has 0 aromatic carbocycles. The van der Waals surface area contributed by atoms with Crippen LogP contribution in [-0.4, -0.2) is 57.2 Å². The second-order valence-electron chi connectivity index (χ2n) is 6.12. The molecule has 8 heteroatoms. The first-order chi connectivity index (χ1) is 12.2. The van der Waals surface area contributed by atoms with Crippen molar-refractivity contribution in [2.45, 2.75) is 32.4 Å². The second-order valence-corrected chi connectivity index (χ2v) is 6.12. The number of aromatic amines is 1. The summed E-state index contributed by atoms with van der Waals surface area (Å²) in [5, 5.41) is 10.1. The molecule has 3 rings (SSSR count). The fourth-order valence-electron chi connectivity index (χ4n) is 2.77. The maximum Gasteiger partial charge on any atom is 0.234 e. The predicted octanol–water partition coefficient (Wildman–Crippen LogP) is 0.842. The number of carbonyl (C=O) groups is 1. The number of aromatic nitrogens is 4. The quantitative estimate of drug-likeness (QED) is 0.773. The summed E-state index contributed by atoms with van der Waals surface area (Å²) in [4.78, 5) is 22.8. The summed E-state index contributed by atoms with van der Waals surface area (Å²) >= 11 is 0. The summed E-state index contributed by atoms with van der Waals surface area (Å²) in [6.07, 6.45) is 5.17. The van der Waals surface area contributed by atoms with Gasteiger partial charge in [0.15, 0.2) is 5.82 Å². The Balaban J connectivity index is 1.48. The number of hydrogen-bond donors (Lipinski definition) is 2. The molecule has 0 radical (unpaired) electrons. The Bertz CT molecular complexity index is 675. The number of carbonyl (C=O) groups excluding carboxylic acids is 1. The lowest BCUT2D eigenvalue weighted by atomic mass is 10.2. The number of H-pyrrole nitrogens is 1. The van der Waals surface area contributed by atoms with Gasteiger partial charge >= 0.3 is 0 Å². The van der Waals surface area contributed by atoms with Crippen molar-refractivity contribution in [2.24, 2.45) is 0 Å². The van der Waals surface area contributed by atoms with Gasteiger partial charge in [0.1, 0.15) is 11.9 Å². The molecular formula is C17H24N6O2. The molecule has 0 aliphatic carbocycles. The number of hydrogen-bond acceptors (Lipinski definition) is 6. The number of morpholine rings is 1. The summed E-state index contributed by atoms with van der Waals surface area (Å²) in [5.41, 5.74) is 0.986. The van der Waals surface area contributed by atoms with Crippen LogP contribution in [0.5, 0.6) is 0 Å². The molecule has 3 heterocycles. The zero-order valence-corrected chi connectivity index (χ0v) is 14.4. The van der Waals surface area contributed by atoms with Crippen LogP contribution in [0.2, 0.25) is 0 Å². The number of aryl methyl sites for hydroxylation is 1. The molecule has 2 N–H and O–H groups in total. The Hall–Kier alpha value is -2.32. The lowest BCUT2D eigenvalue weighted by molar-refractivity contribution is -0.124. The number of amides is 1. The fourth-order valence-corrected chi connectivity index (χ4v) is 2.77. The highest BCUT2D eigenvalue weighted by atomic mass is 16.5. The smallest absolute Gasteiger partial charge is 0.234 e. The van der Waals surface area contributed by atoms with Crippen molar-refractivity contribution in [2.75, 3.05) is 26.2 Å². The Morgan fingerprint density at radius 1 is 1.52 bits per heavy atom. The third kappa shape index (κ3) is 5.07. The van der Waals surface area contributed by atoms with Gasteiger partial charge in [0.25, 0.3) is 0 Å². The van der Waals surface area contributed by atoms with E-state index in [2.05, 4.69) is 37.3 Å². The second kappa shape index (κ2) is 8.68. The van der Waals surface area contributed by atoms with Crippen molar-refractivity contribution in [1.82, 2.24) is 30.4 Å². The summed E-state index contributed by atoms with van der Waals surface area (Å²) in [6, 6.07) is 3.80. The van der Waals surface area contributed by atoms with Crippen LogP contribution in [0.15, 0.2) is 24.5 Å². The van der Waals surface area contributed by atoms with Crippen LogP contribution in [0, 0.1) is 0 Å². The summed E-state index contributed by atoms with van der Waals surface area (Å²) in [5.74, 6) is 1.54. The highest BCUT2D eigenvalue weighted by Crippen LogP contribution is 2.19. The van der Waals surface area contributed by atoms with Crippen LogP contribution in [0.1, 0.15) is 36.7 Å². The van der Waals surface area contributed by atoms with E-state index < -0.39 is 0 Å². The van der Waals surface area contributed by atoms with E-state index >= 15 is 0 Å². The standard InChI is InChI=1S/C17H24N6O2/c1-2-4-15-20-17(22-21-15)14-11-23(7-8-25-14)12-16(24)19-10-13-5-3-6-18-9-13/h3,5-6,9,14H,2,4,7-8,10-12H2,1H3,(H,19,24)(H,20,21,22). The van der Waals surface area contributed by atoms with Crippen LogP contribution < -0.4 is 5.32 Å². The molecule has 1 aliphatic rings. The maximum atomic E-state index is 12.2. The first-order valence-corrected chi connectivity index (χ1v) is 8.65. The number of rotatable bonds is 7. The molecule has 1 unspecified atom stereocenters. The van der Waals surface area contributed by atoms with E-state index in [1.165, 1.54) is 0 Å². The van der Waals surface area contributed by atoms with E-state index in [1.54, 1.807) is 12.4 Å². The molecule has 1 atom stereocenters. The summed E-state index contributed by atoms with van der Waals surface area (Å²) < 4.78 is 5.77. The van der Waals surface area contributed by atoms with Crippen LogP contribution in [0.4, 0.5) is 0 Å². The van der Waals surface area contributed by atoms with Gasteiger partial charge in [-0.05, 0) is 18.1 Å². The Morgan fingerprint density at radius 2 is 2.44 bits per heavy atom. The van der Waals surface area contributed by atoms with Crippen LogP contribution in [-0.2, 0) is 22.5 Å². The van der Waals surface area contributed by atoms with Gasteiger partial charge in [-0.2, -0.15) is 5.10 Å². The van der Waals surface area contributed by atoms with Gasteiger partial charge in [-0.15, -0.1) is 0 Å². The van der Waals surface area contributed by atoms with Gasteiger partial charge in [-0.3, -0.25) is 19.8 Å². The minimum atomic E-state index is -0.193. The minimum absolute atomic E-state index is 0.00818. The third-order valence-corrected chi connectivity index (χ3v) is 4.05. The average Bonchev–Trinajstić information content (AvgIpc) is 3.10. The van der Waals surface area contributed by atoms with Crippen molar-refractivity contribution in [1.29, 1.82) is 0 Å². The van der Waals surface area contributed by atoms with Crippen molar-refractivity contribution in [3.63, 3.8) is 0 Å². The highest BCUT2D eigenvalue weighted by Gasteiger charge is 2.26. The molecular weight excluding hydrogens is 320 g/mol.